The van der Waals surface area contributed by atoms with E-state index in [-0.39, 0.29) is 50.0 Å². The molecule has 0 saturated carbocycles. The first-order valence-electron chi connectivity index (χ1n) is 8.92. The summed E-state index contributed by atoms with van der Waals surface area (Å²) in [7, 11) is 2.66. The summed E-state index contributed by atoms with van der Waals surface area (Å²) in [6.07, 6.45) is 2.76. The monoisotopic (exact) mass is 478 g/mol. The highest BCUT2D eigenvalue weighted by Crippen LogP contribution is 2.39. The zero-order valence-corrected chi connectivity index (χ0v) is 18.2. The Morgan fingerprint density at radius 2 is 1.66 bits per heavy atom. The molecule has 0 aromatic heterocycles. The second-order valence-electron chi connectivity index (χ2n) is 6.30. The molecule has 0 spiro atoms. The molecule has 1 atom stereocenters. The number of hydrogen-bond donors (Lipinski definition) is 2. The lowest BCUT2D eigenvalue weighted by Crippen LogP contribution is -2.99. The highest BCUT2D eigenvalue weighted by molar-refractivity contribution is 6.37. The van der Waals surface area contributed by atoms with Crippen LogP contribution >= 0.6 is 23.2 Å². The first-order chi connectivity index (χ1) is 15.2. The summed E-state index contributed by atoms with van der Waals surface area (Å²) in [4.78, 5) is 29.1. The van der Waals surface area contributed by atoms with Crippen LogP contribution in [0.3, 0.4) is 0 Å². The second kappa shape index (κ2) is 9.94. The number of carbonyl (C=O) groups excluding carboxylic acids is 2. The van der Waals surface area contributed by atoms with Gasteiger partial charge in [-0.3, -0.25) is 4.79 Å². The number of allylic oxidation sites excluding steroid dienone is 2. The van der Waals surface area contributed by atoms with Gasteiger partial charge in [-0.2, -0.15) is 5.23 Å². The predicted molar refractivity (Wildman–Crippen MR) is 116 cm³/mol. The maximum atomic E-state index is 12.6. The Bertz CT molecular complexity index is 1130. The van der Waals surface area contributed by atoms with Crippen LogP contribution in [0.15, 0.2) is 65.1 Å². The van der Waals surface area contributed by atoms with E-state index in [1.165, 1.54) is 62.8 Å². The number of hydrogen-bond acceptors (Lipinski definition) is 8. The third kappa shape index (κ3) is 5.16. The Hall–Kier alpha value is -3.21. The van der Waals surface area contributed by atoms with Gasteiger partial charge in [0.05, 0.1) is 30.5 Å². The molecule has 0 fully saturated rings. The molecule has 166 valence electrons. The van der Waals surface area contributed by atoms with E-state index in [2.05, 4.69) is 4.99 Å². The zero-order valence-electron chi connectivity index (χ0n) is 16.7. The van der Waals surface area contributed by atoms with E-state index in [1.54, 1.807) is 0 Å². The lowest BCUT2D eigenvalue weighted by atomic mass is 10.1. The zero-order chi connectivity index (χ0) is 23.4. The first-order valence-corrected chi connectivity index (χ1v) is 9.68. The molecule has 0 amide bonds. The van der Waals surface area contributed by atoms with Gasteiger partial charge >= 0.3 is 5.97 Å². The number of benzene rings is 2. The van der Waals surface area contributed by atoms with Gasteiger partial charge in [0.1, 0.15) is 5.69 Å². The third-order valence-corrected chi connectivity index (χ3v) is 4.76. The summed E-state index contributed by atoms with van der Waals surface area (Å²) in [5.41, 5.74) is 0.462. The highest BCUT2D eigenvalue weighted by atomic mass is 35.5. The number of ketones is 1. The summed E-state index contributed by atoms with van der Waals surface area (Å²) in [5.74, 6) is -1.26. The molecule has 11 heteroatoms. The van der Waals surface area contributed by atoms with Crippen molar-refractivity contribution in [2.24, 2.45) is 4.99 Å². The lowest BCUT2D eigenvalue weighted by Gasteiger charge is -2.14. The minimum atomic E-state index is -1.12. The van der Waals surface area contributed by atoms with Crippen LogP contribution in [0.1, 0.15) is 10.4 Å². The van der Waals surface area contributed by atoms with Crippen molar-refractivity contribution < 1.29 is 34.2 Å². The smallest absolute Gasteiger partial charge is 0.343 e. The van der Waals surface area contributed by atoms with Crippen molar-refractivity contribution in [1.82, 2.24) is 0 Å². The molecule has 32 heavy (non-hydrogen) atoms. The fraction of sp³-hybridized carbons (Fsp3) is 0.0952. The van der Waals surface area contributed by atoms with Crippen molar-refractivity contribution in [2.75, 3.05) is 14.2 Å². The Labute approximate surface area is 192 Å². The topological polar surface area (TPSA) is 122 Å². The van der Waals surface area contributed by atoms with Crippen LogP contribution in [0.4, 0.5) is 11.4 Å². The summed E-state index contributed by atoms with van der Waals surface area (Å²) in [5, 5.41) is 19.1. The van der Waals surface area contributed by atoms with E-state index in [9.17, 15) is 14.8 Å². The number of rotatable bonds is 6. The number of nitrogens with one attached hydrogen (secondary N) is 1. The van der Waals surface area contributed by atoms with Gasteiger partial charge in [0.2, 0.25) is 0 Å². The Kier molecular flexibility index (Phi) is 7.29. The number of nitrogens with zero attached hydrogens (tertiary/aromatic N) is 1. The third-order valence-electron chi connectivity index (χ3n) is 4.25. The van der Waals surface area contributed by atoms with Crippen LogP contribution in [-0.4, -0.2) is 36.9 Å². The Balaban J connectivity index is 1.99. The predicted octanol–water partition coefficient (Wildman–Crippen LogP) is 3.33. The molecular formula is C21H16Cl2N2O7. The normalized spacial score (nSPS) is 14.3. The van der Waals surface area contributed by atoms with Crippen LogP contribution in [0, 0.1) is 5.21 Å². The molecule has 1 aliphatic carbocycles. The van der Waals surface area contributed by atoms with Crippen molar-refractivity contribution in [3.8, 4) is 5.75 Å². The summed E-state index contributed by atoms with van der Waals surface area (Å²) in [6.45, 7) is 0. The largest absolute Gasteiger partial charge is 0.595 e. The van der Waals surface area contributed by atoms with Gasteiger partial charge in [-0.15, -0.1) is 0 Å². The van der Waals surface area contributed by atoms with Crippen molar-refractivity contribution in [1.29, 1.82) is 0 Å². The summed E-state index contributed by atoms with van der Waals surface area (Å²) < 4.78 is 15.6. The number of ether oxygens (including phenoxy) is 3. The molecule has 0 saturated heterocycles. The molecule has 1 unspecified atom stereocenters. The van der Waals surface area contributed by atoms with E-state index in [0.717, 1.165) is 0 Å². The van der Waals surface area contributed by atoms with Gasteiger partial charge in [-0.25, -0.2) is 15.0 Å². The number of methoxy groups -OCH3 is 2. The van der Waals surface area contributed by atoms with Gasteiger partial charge in [0.25, 0.3) is 5.78 Å². The van der Waals surface area contributed by atoms with E-state index in [0.29, 0.717) is 0 Å². The van der Waals surface area contributed by atoms with Crippen molar-refractivity contribution in [3.05, 3.63) is 80.9 Å². The summed E-state index contributed by atoms with van der Waals surface area (Å²) in [6, 6.07) is 7.95. The standard InChI is InChI=1S/C21H16Cl2N2O7/c1-30-17-9-13(10-18(31-2)20(17)26)24-19-15(23)7-12(22)8-16(19)32-21(27)11-3-5-14(6-4-11)25(28)29/h3-10,25,28H,1-2H3. The number of aliphatic imine (C=N–C) groups is 1. The second-order valence-corrected chi connectivity index (χ2v) is 7.14. The number of esters is 1. The van der Waals surface area contributed by atoms with Gasteiger partial charge in [-0.1, -0.05) is 23.2 Å². The van der Waals surface area contributed by atoms with E-state index < -0.39 is 17.0 Å². The van der Waals surface area contributed by atoms with Crippen LogP contribution in [0.25, 0.3) is 0 Å². The molecule has 2 N–H and O–H groups in total. The number of Topliss-reactive ketones (excluding diaryl/α,β-unsaturated/α-hetero) is 1. The molecule has 3 rings (SSSR count). The molecule has 2 aromatic carbocycles. The molecule has 0 heterocycles. The SMILES string of the molecule is COC1=CC(=Nc2c(Cl)cc(Cl)cc2OC(=O)c2ccc([NH+]([O-])O)cc2)C=C(OC)C1=O. The fourth-order valence-corrected chi connectivity index (χ4v) is 3.21. The van der Waals surface area contributed by atoms with Crippen molar-refractivity contribution in [3.63, 3.8) is 0 Å². The maximum Gasteiger partial charge on any atom is 0.343 e. The molecule has 0 bridgehead atoms. The van der Waals surface area contributed by atoms with Crippen LogP contribution in [-0.2, 0) is 14.3 Å². The average molecular weight is 479 g/mol. The summed E-state index contributed by atoms with van der Waals surface area (Å²) >= 11 is 12.4. The van der Waals surface area contributed by atoms with E-state index in [4.69, 9.17) is 42.6 Å². The fourth-order valence-electron chi connectivity index (χ4n) is 2.70. The minimum absolute atomic E-state index is 0.00486. The van der Waals surface area contributed by atoms with E-state index >= 15 is 0 Å². The van der Waals surface area contributed by atoms with Gasteiger partial charge in [0, 0.05) is 35.4 Å². The maximum absolute atomic E-state index is 12.6. The quantitative estimate of drug-likeness (QED) is 0.282. The van der Waals surface area contributed by atoms with Gasteiger partial charge in [-0.05, 0) is 18.2 Å². The van der Waals surface area contributed by atoms with Crippen LogP contribution < -0.4 is 9.96 Å². The molecule has 2 aromatic rings. The highest BCUT2D eigenvalue weighted by Gasteiger charge is 2.23. The van der Waals surface area contributed by atoms with Crippen LogP contribution in [0.5, 0.6) is 5.75 Å². The average Bonchev–Trinajstić information content (AvgIpc) is 2.76. The molecular weight excluding hydrogens is 463 g/mol. The number of quaternary nitrogens is 1. The lowest BCUT2D eigenvalue weighted by molar-refractivity contribution is -0.991. The van der Waals surface area contributed by atoms with Gasteiger partial charge < -0.3 is 19.4 Å². The van der Waals surface area contributed by atoms with E-state index in [1.807, 2.05) is 0 Å². The minimum Gasteiger partial charge on any atom is -0.595 e. The molecule has 1 aliphatic rings. The van der Waals surface area contributed by atoms with Crippen LogP contribution in [0.2, 0.25) is 10.0 Å². The molecule has 9 nitrogen and oxygen atoms in total. The van der Waals surface area contributed by atoms with Crippen molar-refractivity contribution >= 4 is 52.0 Å². The molecule has 0 aliphatic heterocycles. The van der Waals surface area contributed by atoms with Gasteiger partial charge in [0.15, 0.2) is 23.0 Å². The number of carbonyl (C=O) groups is 2. The first kappa shape index (κ1) is 23.5. The number of halogens is 2. The van der Waals surface area contributed by atoms with Crippen molar-refractivity contribution in [2.45, 2.75) is 0 Å². The Morgan fingerprint density at radius 3 is 2.19 bits per heavy atom. The molecule has 0 radical (unpaired) electrons. The Morgan fingerprint density at radius 1 is 1.06 bits per heavy atom.